The molecule has 1 amide bonds. The summed E-state index contributed by atoms with van der Waals surface area (Å²) in [6.45, 7) is 5.85. The molecule has 2 aliphatic heterocycles. The maximum absolute atomic E-state index is 12.5. The van der Waals surface area contributed by atoms with E-state index in [0.717, 1.165) is 45.8 Å². The van der Waals surface area contributed by atoms with Crippen LogP contribution in [0.15, 0.2) is 24.3 Å². The van der Waals surface area contributed by atoms with Crippen LogP contribution in [0.3, 0.4) is 0 Å². The Bertz CT molecular complexity index is 703. The summed E-state index contributed by atoms with van der Waals surface area (Å²) in [6.07, 6.45) is 1.55. The Morgan fingerprint density at radius 2 is 2.00 bits per heavy atom. The van der Waals surface area contributed by atoms with E-state index in [9.17, 15) is 4.79 Å². The first-order chi connectivity index (χ1) is 11.3. The van der Waals surface area contributed by atoms with Gasteiger partial charge in [-0.3, -0.25) is 9.69 Å². The number of carbonyl (C=O) groups is 1. The fraction of sp³-hybridized carbons (Fsp3) is 0.500. The minimum Gasteiger partial charge on any atom is -0.379 e. The van der Waals surface area contributed by atoms with Crippen LogP contribution in [0.4, 0.5) is 0 Å². The summed E-state index contributed by atoms with van der Waals surface area (Å²) >= 11 is 0. The number of benzene rings is 1. The van der Waals surface area contributed by atoms with Gasteiger partial charge in [0.25, 0.3) is 0 Å². The predicted molar refractivity (Wildman–Crippen MR) is 89.3 cm³/mol. The van der Waals surface area contributed by atoms with Gasteiger partial charge < -0.3 is 14.6 Å². The Morgan fingerprint density at radius 1 is 1.17 bits per heavy atom. The lowest BCUT2D eigenvalue weighted by Crippen LogP contribution is -2.41. The molecule has 0 atom stereocenters. The monoisotopic (exact) mass is 313 g/mol. The molecule has 122 valence electrons. The van der Waals surface area contributed by atoms with Crippen molar-refractivity contribution in [2.45, 2.75) is 19.4 Å². The summed E-state index contributed by atoms with van der Waals surface area (Å²) in [7, 11) is 0. The van der Waals surface area contributed by atoms with E-state index in [2.05, 4.69) is 34.1 Å². The van der Waals surface area contributed by atoms with Crippen LogP contribution in [0.25, 0.3) is 10.9 Å². The fourth-order valence-electron chi connectivity index (χ4n) is 3.64. The van der Waals surface area contributed by atoms with Crippen LogP contribution < -0.4 is 0 Å². The van der Waals surface area contributed by atoms with E-state index in [1.165, 1.54) is 22.2 Å². The average molecular weight is 313 g/mol. The van der Waals surface area contributed by atoms with Crippen molar-refractivity contribution in [2.75, 3.05) is 39.4 Å². The molecular formula is C18H23N3O2. The van der Waals surface area contributed by atoms with Gasteiger partial charge in [0.1, 0.15) is 0 Å². The van der Waals surface area contributed by atoms with Crippen LogP contribution in [0.5, 0.6) is 0 Å². The smallest absolute Gasteiger partial charge is 0.224 e. The summed E-state index contributed by atoms with van der Waals surface area (Å²) in [5, 5.41) is 1.31. The Labute approximate surface area is 136 Å². The van der Waals surface area contributed by atoms with Crippen molar-refractivity contribution < 1.29 is 9.53 Å². The number of aromatic amines is 1. The number of nitrogens with one attached hydrogen (secondary N) is 1. The van der Waals surface area contributed by atoms with Gasteiger partial charge in [0.15, 0.2) is 0 Å². The predicted octanol–water partition coefficient (Wildman–Crippen LogP) is 1.77. The highest BCUT2D eigenvalue weighted by Gasteiger charge is 2.24. The van der Waals surface area contributed by atoms with Gasteiger partial charge in [-0.25, -0.2) is 0 Å². The maximum Gasteiger partial charge on any atom is 0.224 e. The molecule has 5 heteroatoms. The van der Waals surface area contributed by atoms with Crippen LogP contribution in [0, 0.1) is 0 Å². The van der Waals surface area contributed by atoms with Crippen molar-refractivity contribution in [1.29, 1.82) is 0 Å². The second-order valence-electron chi connectivity index (χ2n) is 6.40. The van der Waals surface area contributed by atoms with Gasteiger partial charge in [-0.2, -0.15) is 0 Å². The second-order valence-corrected chi connectivity index (χ2v) is 6.40. The Morgan fingerprint density at radius 3 is 2.87 bits per heavy atom. The molecule has 0 bridgehead atoms. The highest BCUT2D eigenvalue weighted by molar-refractivity contribution is 5.85. The lowest BCUT2D eigenvalue weighted by Gasteiger charge is -2.30. The van der Waals surface area contributed by atoms with E-state index in [0.29, 0.717) is 13.0 Å². The molecule has 3 heterocycles. The lowest BCUT2D eigenvalue weighted by atomic mass is 10.0. The van der Waals surface area contributed by atoms with Crippen molar-refractivity contribution in [3.63, 3.8) is 0 Å². The van der Waals surface area contributed by atoms with Crippen LogP contribution in [0.2, 0.25) is 0 Å². The maximum atomic E-state index is 12.5. The SMILES string of the molecule is O=C(CCN1CCOCC1)N1CCc2c([nH]c3ccccc23)C1. The first-order valence-corrected chi connectivity index (χ1v) is 8.47. The number of rotatable bonds is 3. The largest absolute Gasteiger partial charge is 0.379 e. The molecule has 1 fully saturated rings. The van der Waals surface area contributed by atoms with Gasteiger partial charge in [-0.05, 0) is 18.1 Å². The Kier molecular flexibility index (Phi) is 4.06. The lowest BCUT2D eigenvalue weighted by molar-refractivity contribution is -0.132. The molecule has 1 saturated heterocycles. The second kappa shape index (κ2) is 6.34. The first-order valence-electron chi connectivity index (χ1n) is 8.47. The third-order valence-electron chi connectivity index (χ3n) is 4.98. The molecule has 1 aromatic carbocycles. The van der Waals surface area contributed by atoms with Crippen LogP contribution in [0.1, 0.15) is 17.7 Å². The number of hydrogen-bond donors (Lipinski definition) is 1. The van der Waals surface area contributed by atoms with Crippen molar-refractivity contribution >= 4 is 16.8 Å². The van der Waals surface area contributed by atoms with Crippen molar-refractivity contribution in [3.8, 4) is 0 Å². The molecule has 0 unspecified atom stereocenters. The highest BCUT2D eigenvalue weighted by atomic mass is 16.5. The van der Waals surface area contributed by atoms with Gasteiger partial charge in [0, 0.05) is 49.2 Å². The molecule has 0 spiro atoms. The number of para-hydroxylation sites is 1. The Balaban J connectivity index is 1.40. The van der Waals surface area contributed by atoms with E-state index in [1.807, 2.05) is 4.90 Å². The topological polar surface area (TPSA) is 48.6 Å². The number of amides is 1. The average Bonchev–Trinajstić information content (AvgIpc) is 2.98. The van der Waals surface area contributed by atoms with Gasteiger partial charge in [0.2, 0.25) is 5.91 Å². The molecule has 2 aromatic rings. The van der Waals surface area contributed by atoms with E-state index in [1.54, 1.807) is 0 Å². The first kappa shape index (κ1) is 14.7. The zero-order valence-electron chi connectivity index (χ0n) is 13.4. The number of fused-ring (bicyclic) bond motifs is 3. The summed E-state index contributed by atoms with van der Waals surface area (Å²) in [6, 6.07) is 8.41. The van der Waals surface area contributed by atoms with Gasteiger partial charge >= 0.3 is 0 Å². The van der Waals surface area contributed by atoms with Crippen LogP contribution in [-0.4, -0.2) is 60.1 Å². The molecule has 5 nitrogen and oxygen atoms in total. The van der Waals surface area contributed by atoms with Crippen LogP contribution >= 0.6 is 0 Å². The zero-order chi connectivity index (χ0) is 15.6. The molecule has 4 rings (SSSR count). The summed E-state index contributed by atoms with van der Waals surface area (Å²) < 4.78 is 5.35. The molecule has 23 heavy (non-hydrogen) atoms. The number of ether oxygens (including phenoxy) is 1. The molecule has 2 aliphatic rings. The van der Waals surface area contributed by atoms with E-state index in [4.69, 9.17) is 4.74 Å². The van der Waals surface area contributed by atoms with Gasteiger partial charge in [-0.1, -0.05) is 18.2 Å². The highest BCUT2D eigenvalue weighted by Crippen LogP contribution is 2.27. The minimum atomic E-state index is 0.265. The van der Waals surface area contributed by atoms with Gasteiger partial charge in [0.05, 0.1) is 19.8 Å². The Hall–Kier alpha value is -1.85. The zero-order valence-corrected chi connectivity index (χ0v) is 13.4. The molecule has 1 aromatic heterocycles. The van der Waals surface area contributed by atoms with E-state index < -0.39 is 0 Å². The standard InChI is InChI=1S/C18H23N3O2/c22-18(6-7-20-9-11-23-12-10-20)21-8-5-15-14-3-1-2-4-16(14)19-17(15)13-21/h1-4,19H,5-13H2. The van der Waals surface area contributed by atoms with E-state index >= 15 is 0 Å². The summed E-state index contributed by atoms with van der Waals surface area (Å²) in [5.74, 6) is 0.265. The summed E-state index contributed by atoms with van der Waals surface area (Å²) in [4.78, 5) is 20.3. The molecular weight excluding hydrogens is 290 g/mol. The van der Waals surface area contributed by atoms with Gasteiger partial charge in [-0.15, -0.1) is 0 Å². The number of nitrogens with zero attached hydrogens (tertiary/aromatic N) is 2. The van der Waals surface area contributed by atoms with Crippen molar-refractivity contribution in [3.05, 3.63) is 35.5 Å². The molecule has 0 saturated carbocycles. The number of morpholine rings is 1. The normalized spacial score (nSPS) is 19.0. The molecule has 1 N–H and O–H groups in total. The number of hydrogen-bond acceptors (Lipinski definition) is 3. The fourth-order valence-corrected chi connectivity index (χ4v) is 3.64. The van der Waals surface area contributed by atoms with Crippen LogP contribution in [-0.2, 0) is 22.5 Å². The number of aromatic nitrogens is 1. The number of carbonyl (C=O) groups excluding carboxylic acids is 1. The third-order valence-corrected chi connectivity index (χ3v) is 4.98. The molecule has 0 radical (unpaired) electrons. The summed E-state index contributed by atoms with van der Waals surface area (Å²) in [5.41, 5.74) is 3.77. The minimum absolute atomic E-state index is 0.265. The third kappa shape index (κ3) is 2.99. The number of H-pyrrole nitrogens is 1. The quantitative estimate of drug-likeness (QED) is 0.939. The van der Waals surface area contributed by atoms with Crippen molar-refractivity contribution in [2.24, 2.45) is 0 Å². The van der Waals surface area contributed by atoms with E-state index in [-0.39, 0.29) is 5.91 Å². The molecule has 0 aliphatic carbocycles. The van der Waals surface area contributed by atoms with Crippen molar-refractivity contribution in [1.82, 2.24) is 14.8 Å².